The van der Waals surface area contributed by atoms with Crippen molar-refractivity contribution < 1.29 is 92.3 Å². The van der Waals surface area contributed by atoms with Gasteiger partial charge in [0.05, 0.1) is 19.1 Å². The van der Waals surface area contributed by atoms with Crippen LogP contribution in [0, 0.1) is 11.3 Å². The molecule has 0 spiro atoms. The molecule has 2 heterocycles. The van der Waals surface area contributed by atoms with Gasteiger partial charge in [-0.15, -0.1) is 0 Å². The Balaban J connectivity index is 1.67. The fourth-order valence-corrected chi connectivity index (χ4v) is 12.1. The standard InChI is InChI=1S/C65H97N15O19S2/c1-35(2)25-46-59(92)76-48(30-53(86)87)61(94)79-54(38(5)81)63(96)71-36(3)56(89)75-47(29-39-15-17-42(82)18-16-39)60(93)74-45(19-20-52(84)85)58(91)78-49(55(66)88)34-101-33-41-26-40(32-100-6)27-43(28-41)98-23-9-7-8-10-24-99-70-31-51(83)73-44(13-11-21-69-65(67)68)57(90)72-37(4)64(97)80-22-12-14-50(80)62(95)77-46/h15-18,26-28,31,35-38,44-50,54,81-82H,7-14,19-25,29-30,32-34H2,1-6H3,(H2,66,88)(H,71,96)(H,72,90)(H,73,83)(H,74,93)(H,75,89)(H,76,92)(H,77,95)(H,78,91)(H,79,94)(H,84,85)(H,86,87)(H4,67,68,69)/b70-31+/t36-,37-,38+,44-,45-,46-,47?,48-,49-,50-,54-/m0/s1. The average Bonchev–Trinajstić information content (AvgIpc) is 1.73. The number of ether oxygens (including phenoxy) is 1. The number of primary amides is 1. The number of nitrogens with one attached hydrogen (secondary N) is 11. The zero-order chi connectivity index (χ0) is 74.9. The first-order valence-corrected chi connectivity index (χ1v) is 35.7. The summed E-state index contributed by atoms with van der Waals surface area (Å²) in [5.74, 6) is -13.0. The number of rotatable bonds is 17. The van der Waals surface area contributed by atoms with Gasteiger partial charge in [0, 0.05) is 43.2 Å². The normalized spacial score (nSPS) is 24.7. The molecule has 0 aromatic heterocycles. The third kappa shape index (κ3) is 30.5. The lowest BCUT2D eigenvalue weighted by Gasteiger charge is -2.30. The molecule has 34 nitrogen and oxygen atoms in total. The van der Waals surface area contributed by atoms with Crippen LogP contribution in [0.15, 0.2) is 47.6 Å². The maximum absolute atomic E-state index is 14.3. The molecule has 4 rings (SSSR count). The molecule has 2 aliphatic heterocycles. The van der Waals surface area contributed by atoms with Crippen LogP contribution in [0.5, 0.6) is 11.5 Å². The monoisotopic (exact) mass is 1460 g/mol. The van der Waals surface area contributed by atoms with Crippen molar-refractivity contribution in [2.45, 2.75) is 196 Å². The van der Waals surface area contributed by atoms with Crippen molar-refractivity contribution in [3.63, 3.8) is 0 Å². The molecule has 2 bridgehead atoms. The van der Waals surface area contributed by atoms with Crippen molar-refractivity contribution in [1.82, 2.24) is 58.1 Å². The predicted octanol–water partition coefficient (Wildman–Crippen LogP) is -1.40. The minimum Gasteiger partial charge on any atom is -0.508 e. The van der Waals surface area contributed by atoms with Crippen molar-refractivity contribution >= 4 is 113 Å². The number of aliphatic carboxylic acids is 2. The third-order valence-electron chi connectivity index (χ3n) is 15.8. The number of hydrogen-bond donors (Lipinski definition) is 17. The van der Waals surface area contributed by atoms with Gasteiger partial charge in [0.15, 0.2) is 5.96 Å². The van der Waals surface area contributed by atoms with Crippen molar-refractivity contribution in [1.29, 1.82) is 5.41 Å². The van der Waals surface area contributed by atoms with E-state index in [1.54, 1.807) is 25.6 Å². The number of aliphatic hydroxyl groups excluding tert-OH is 1. The molecule has 101 heavy (non-hydrogen) atoms. The quantitative estimate of drug-likeness (QED) is 0.0492. The van der Waals surface area contributed by atoms with Crippen LogP contribution in [0.25, 0.3) is 0 Å². The van der Waals surface area contributed by atoms with E-state index in [4.69, 9.17) is 26.5 Å². The first kappa shape index (κ1) is 84.0. The number of fused-ring (bicyclic) bond motifs is 3. The number of hydrogen-bond acceptors (Lipinski definition) is 21. The highest BCUT2D eigenvalue weighted by Crippen LogP contribution is 2.25. The van der Waals surface area contributed by atoms with Crippen molar-refractivity contribution in [3.05, 3.63) is 59.2 Å². The number of aromatic hydroxyl groups is 1. The summed E-state index contributed by atoms with van der Waals surface area (Å²) >= 11 is 2.82. The van der Waals surface area contributed by atoms with Crippen LogP contribution in [-0.4, -0.2) is 219 Å². The second-order valence-electron chi connectivity index (χ2n) is 24.9. The third-order valence-corrected chi connectivity index (χ3v) is 17.6. The number of nitrogens with zero attached hydrogens (tertiary/aromatic N) is 2. The zero-order valence-corrected chi connectivity index (χ0v) is 59.1. The molecule has 2 aromatic rings. The Labute approximate surface area is 593 Å². The Morgan fingerprint density at radius 1 is 0.703 bits per heavy atom. The summed E-state index contributed by atoms with van der Waals surface area (Å²) in [6, 6.07) is -4.16. The van der Waals surface area contributed by atoms with E-state index in [2.05, 4.69) is 58.3 Å². The smallest absolute Gasteiger partial charge is 0.305 e. The van der Waals surface area contributed by atoms with Gasteiger partial charge in [-0.25, -0.2) is 0 Å². The second-order valence-corrected chi connectivity index (χ2v) is 26.8. The molecule has 0 aliphatic carbocycles. The van der Waals surface area contributed by atoms with Gasteiger partial charge in [-0.05, 0) is 138 Å². The molecule has 1 unspecified atom stereocenters. The fraction of sp³-hybridized carbons (Fsp3) is 0.585. The van der Waals surface area contributed by atoms with Crippen LogP contribution < -0.4 is 69.4 Å². The van der Waals surface area contributed by atoms with Crippen LogP contribution in [-0.2, 0) is 85.1 Å². The molecule has 11 atom stereocenters. The number of phenolic OH excluding ortho intramolecular Hbond substituents is 1. The molecular weight excluding hydrogens is 1360 g/mol. The summed E-state index contributed by atoms with van der Waals surface area (Å²) in [7, 11) is 0. The molecule has 0 saturated carbocycles. The van der Waals surface area contributed by atoms with Crippen molar-refractivity contribution in [3.8, 4) is 11.5 Å². The summed E-state index contributed by atoms with van der Waals surface area (Å²) in [6.45, 7) is 7.73. The second kappa shape index (κ2) is 43.3. The Hall–Kier alpha value is -9.45. The number of oxime groups is 1. The first-order valence-electron chi connectivity index (χ1n) is 33.1. The van der Waals surface area contributed by atoms with Crippen LogP contribution in [0.1, 0.15) is 128 Å². The van der Waals surface area contributed by atoms with Gasteiger partial charge in [-0.1, -0.05) is 37.2 Å². The lowest BCUT2D eigenvalue weighted by atomic mass is 10.0. The number of phenols is 1. The average molecular weight is 1460 g/mol. The van der Waals surface area contributed by atoms with Crippen LogP contribution >= 0.6 is 23.5 Å². The van der Waals surface area contributed by atoms with E-state index in [9.17, 15) is 82.8 Å². The minimum atomic E-state index is -1.98. The van der Waals surface area contributed by atoms with Gasteiger partial charge in [0.2, 0.25) is 59.1 Å². The number of carbonyl (C=O) groups is 13. The minimum absolute atomic E-state index is 0.0102. The van der Waals surface area contributed by atoms with E-state index < -0.39 is 163 Å². The highest BCUT2D eigenvalue weighted by Gasteiger charge is 2.40. The Bertz CT molecular complexity index is 3240. The van der Waals surface area contributed by atoms with Crippen LogP contribution in [0.3, 0.4) is 0 Å². The zero-order valence-electron chi connectivity index (χ0n) is 57.5. The molecule has 19 N–H and O–H groups in total. The molecule has 0 radical (unpaired) electrons. The number of amides is 11. The molecule has 558 valence electrons. The highest BCUT2D eigenvalue weighted by atomic mass is 32.2. The summed E-state index contributed by atoms with van der Waals surface area (Å²) in [4.78, 5) is 183. The van der Waals surface area contributed by atoms with Crippen LogP contribution in [0.2, 0.25) is 0 Å². The summed E-state index contributed by atoms with van der Waals surface area (Å²) in [6.07, 6.45) is 1.69. The number of carboxylic acids is 2. The van der Waals surface area contributed by atoms with E-state index in [0.717, 1.165) is 37.6 Å². The number of nitrogens with two attached hydrogens (primary N) is 2. The van der Waals surface area contributed by atoms with Crippen LogP contribution in [0.4, 0.5) is 0 Å². The van der Waals surface area contributed by atoms with E-state index in [-0.39, 0.29) is 75.2 Å². The number of guanidine groups is 1. The predicted molar refractivity (Wildman–Crippen MR) is 372 cm³/mol. The number of carbonyl (C=O) groups excluding carboxylic acids is 11. The Kier molecular flexibility index (Phi) is 36.0. The maximum Gasteiger partial charge on any atom is 0.305 e. The molecule has 36 heteroatoms. The highest BCUT2D eigenvalue weighted by molar-refractivity contribution is 7.98. The van der Waals surface area contributed by atoms with E-state index >= 15 is 0 Å². The number of carboxylic acid groups (broad SMARTS) is 2. The maximum atomic E-state index is 14.3. The lowest BCUT2D eigenvalue weighted by Crippen LogP contribution is -2.62. The van der Waals surface area contributed by atoms with Crippen molar-refractivity contribution in [2.24, 2.45) is 22.5 Å². The summed E-state index contributed by atoms with van der Waals surface area (Å²) in [5, 5.41) is 76.4. The molecule has 2 aromatic carbocycles. The number of benzene rings is 2. The Morgan fingerprint density at radius 3 is 1.96 bits per heavy atom. The lowest BCUT2D eigenvalue weighted by molar-refractivity contribution is -0.143. The molecule has 2 aliphatic rings. The molecular formula is C65H97N15O19S2. The van der Waals surface area contributed by atoms with Gasteiger partial charge >= 0.3 is 11.9 Å². The molecule has 1 saturated heterocycles. The fourth-order valence-electron chi connectivity index (χ4n) is 10.6. The topological polar surface area (TPSA) is 533 Å². The summed E-state index contributed by atoms with van der Waals surface area (Å²) < 4.78 is 6.15. The molecule has 1 fully saturated rings. The molecule has 11 amide bonds. The van der Waals surface area contributed by atoms with Gasteiger partial charge in [-0.3, -0.25) is 67.7 Å². The summed E-state index contributed by atoms with van der Waals surface area (Å²) in [5.41, 5.74) is 13.3. The SMILES string of the molecule is CSCc1cc2cc(c1)OCCCCCCO/N=C/C(=O)N[C@@H](CCCNC(=N)N)C(=O)N[C@@H](C)C(=O)N1CCC[C@H]1C(=O)N[C@@H](CC(C)C)C(=O)N[C@@H](CC(=O)O)C(=O)N[C@@H]([C@@H](C)O)C(=O)N[C@@H](C)C(=O)NC(Cc1ccc(O)cc1)C(=O)N[C@@H](CCC(=O)O)C(=O)N[C@H](C(N)=O)CSC2. The number of thioether (sulfide) groups is 2. The van der Waals surface area contributed by atoms with E-state index in [1.165, 1.54) is 47.9 Å². The van der Waals surface area contributed by atoms with Gasteiger partial charge in [-0.2, -0.15) is 23.5 Å². The van der Waals surface area contributed by atoms with Crippen molar-refractivity contribution in [2.75, 3.05) is 38.3 Å². The van der Waals surface area contributed by atoms with E-state index in [1.807, 2.05) is 24.5 Å². The Morgan fingerprint density at radius 2 is 1.32 bits per heavy atom. The van der Waals surface area contributed by atoms with E-state index in [0.29, 0.717) is 55.1 Å². The number of aliphatic hydroxyl groups is 1. The van der Waals surface area contributed by atoms with Gasteiger partial charge in [0.25, 0.3) is 5.91 Å². The van der Waals surface area contributed by atoms with Gasteiger partial charge in [0.1, 0.15) is 84.7 Å². The van der Waals surface area contributed by atoms with Gasteiger partial charge < -0.3 is 99.5 Å². The first-order chi connectivity index (χ1) is 47.8. The largest absolute Gasteiger partial charge is 0.508 e.